The van der Waals surface area contributed by atoms with E-state index in [0.29, 0.717) is 35.9 Å². The normalized spacial score (nSPS) is 35.1. The van der Waals surface area contributed by atoms with Gasteiger partial charge in [-0.3, -0.25) is 14.4 Å². The molecule has 5 rings (SSSR count). The summed E-state index contributed by atoms with van der Waals surface area (Å²) in [7, 11) is 0. The SMILES string of the molecule is CC(C)CCN1C(=O)[C@H]2[C@H](C(=O)Nc3ccc(C(C)C)cc3)[C@H]3C=C[C@@]2(O3)[C@@H]1C(=O)N[C@@H]1CCC[C@H](C)[C@@H]1C. The van der Waals surface area contributed by atoms with E-state index in [1.807, 2.05) is 36.4 Å². The maximum Gasteiger partial charge on any atom is 0.246 e. The predicted octanol–water partition coefficient (Wildman–Crippen LogP) is 4.89. The number of ether oxygens (including phenoxy) is 1. The number of hydrogen-bond acceptors (Lipinski definition) is 4. The summed E-state index contributed by atoms with van der Waals surface area (Å²) in [5.74, 6) is -0.254. The second kappa shape index (κ2) is 10.7. The Kier molecular flexibility index (Phi) is 7.66. The van der Waals surface area contributed by atoms with Crippen molar-refractivity contribution in [2.75, 3.05) is 11.9 Å². The summed E-state index contributed by atoms with van der Waals surface area (Å²) in [6.07, 6.45) is 7.24. The summed E-state index contributed by atoms with van der Waals surface area (Å²) < 4.78 is 6.49. The zero-order valence-corrected chi connectivity index (χ0v) is 24.3. The summed E-state index contributed by atoms with van der Waals surface area (Å²) in [6, 6.07) is 7.14. The van der Waals surface area contributed by atoms with E-state index in [-0.39, 0.29) is 23.8 Å². The molecule has 7 heteroatoms. The van der Waals surface area contributed by atoms with Crippen LogP contribution in [-0.2, 0) is 19.1 Å². The van der Waals surface area contributed by atoms with Gasteiger partial charge in [-0.05, 0) is 54.2 Å². The summed E-state index contributed by atoms with van der Waals surface area (Å²) in [5, 5.41) is 6.35. The van der Waals surface area contributed by atoms with Gasteiger partial charge in [0, 0.05) is 18.3 Å². The van der Waals surface area contributed by atoms with Gasteiger partial charge in [0.05, 0.1) is 17.9 Å². The molecule has 39 heavy (non-hydrogen) atoms. The van der Waals surface area contributed by atoms with Crippen molar-refractivity contribution in [3.63, 3.8) is 0 Å². The number of hydrogen-bond donors (Lipinski definition) is 2. The van der Waals surface area contributed by atoms with Gasteiger partial charge in [-0.2, -0.15) is 0 Å². The first-order valence-electron chi connectivity index (χ1n) is 14.9. The summed E-state index contributed by atoms with van der Waals surface area (Å²) in [4.78, 5) is 43.4. The molecule has 1 aromatic carbocycles. The van der Waals surface area contributed by atoms with Crippen molar-refractivity contribution in [1.82, 2.24) is 10.2 Å². The van der Waals surface area contributed by atoms with Crippen molar-refractivity contribution in [2.24, 2.45) is 29.6 Å². The van der Waals surface area contributed by atoms with Crippen molar-refractivity contribution in [3.8, 4) is 0 Å². The lowest BCUT2D eigenvalue weighted by atomic mass is 9.73. The van der Waals surface area contributed by atoms with E-state index in [1.54, 1.807) is 4.90 Å². The second-order valence-corrected chi connectivity index (χ2v) is 13.1. The Labute approximate surface area is 233 Å². The number of amides is 3. The van der Waals surface area contributed by atoms with Gasteiger partial charge in [0.15, 0.2) is 0 Å². The molecule has 3 amide bonds. The monoisotopic (exact) mass is 535 g/mol. The molecule has 0 aromatic heterocycles. The molecule has 2 N–H and O–H groups in total. The number of likely N-dealkylation sites (tertiary alicyclic amines) is 1. The van der Waals surface area contributed by atoms with Gasteiger partial charge in [-0.1, -0.05) is 78.7 Å². The fourth-order valence-electron chi connectivity index (χ4n) is 7.13. The Balaban J connectivity index is 1.41. The lowest BCUT2D eigenvalue weighted by Crippen LogP contribution is -2.58. The fourth-order valence-corrected chi connectivity index (χ4v) is 7.13. The molecule has 4 aliphatic rings. The molecular weight excluding hydrogens is 490 g/mol. The zero-order chi connectivity index (χ0) is 28.1. The molecule has 0 unspecified atom stereocenters. The summed E-state index contributed by atoms with van der Waals surface area (Å²) in [6.45, 7) is 13.4. The molecule has 1 aromatic rings. The fraction of sp³-hybridized carbons (Fsp3) is 0.656. The Morgan fingerprint density at radius 2 is 1.79 bits per heavy atom. The lowest BCUT2D eigenvalue weighted by molar-refractivity contribution is -0.141. The third-order valence-electron chi connectivity index (χ3n) is 9.75. The number of nitrogens with one attached hydrogen (secondary N) is 2. The molecule has 3 fully saturated rings. The minimum absolute atomic E-state index is 0.0780. The van der Waals surface area contributed by atoms with Crippen LogP contribution in [0.1, 0.15) is 78.7 Å². The molecule has 0 radical (unpaired) electrons. The molecule has 1 spiro atoms. The smallest absolute Gasteiger partial charge is 0.246 e. The van der Waals surface area contributed by atoms with Crippen molar-refractivity contribution in [3.05, 3.63) is 42.0 Å². The molecule has 3 aliphatic heterocycles. The first-order valence-corrected chi connectivity index (χ1v) is 14.9. The van der Waals surface area contributed by atoms with E-state index in [0.717, 1.165) is 19.3 Å². The van der Waals surface area contributed by atoms with Gasteiger partial charge < -0.3 is 20.3 Å². The zero-order valence-electron chi connectivity index (χ0n) is 24.3. The molecule has 7 nitrogen and oxygen atoms in total. The maximum absolute atomic E-state index is 14.0. The Morgan fingerprint density at radius 1 is 1.08 bits per heavy atom. The van der Waals surface area contributed by atoms with Crippen LogP contribution < -0.4 is 10.6 Å². The lowest BCUT2D eigenvalue weighted by Gasteiger charge is -2.38. The van der Waals surface area contributed by atoms with Crippen LogP contribution in [-0.4, -0.2) is 53.0 Å². The first kappa shape index (κ1) is 27.9. The number of fused-ring (bicyclic) bond motifs is 1. The number of anilines is 1. The summed E-state index contributed by atoms with van der Waals surface area (Å²) in [5.41, 5.74) is 0.776. The highest BCUT2D eigenvalue weighted by atomic mass is 16.5. The molecular formula is C32H45N3O4. The highest BCUT2D eigenvalue weighted by Gasteiger charge is 2.72. The van der Waals surface area contributed by atoms with Crippen molar-refractivity contribution < 1.29 is 19.1 Å². The van der Waals surface area contributed by atoms with Crippen molar-refractivity contribution >= 4 is 23.4 Å². The van der Waals surface area contributed by atoms with Crippen LogP contribution in [0.5, 0.6) is 0 Å². The van der Waals surface area contributed by atoms with E-state index < -0.39 is 29.6 Å². The molecule has 3 heterocycles. The van der Waals surface area contributed by atoms with Crippen LogP contribution in [0.4, 0.5) is 5.69 Å². The van der Waals surface area contributed by atoms with E-state index >= 15 is 0 Å². The van der Waals surface area contributed by atoms with Crippen molar-refractivity contribution in [2.45, 2.75) is 96.9 Å². The Hall–Kier alpha value is -2.67. The van der Waals surface area contributed by atoms with Gasteiger partial charge in [0.25, 0.3) is 0 Å². The number of carbonyl (C=O) groups excluding carboxylic acids is 3. The van der Waals surface area contributed by atoms with Crippen LogP contribution in [0.2, 0.25) is 0 Å². The van der Waals surface area contributed by atoms with Gasteiger partial charge in [-0.25, -0.2) is 0 Å². The van der Waals surface area contributed by atoms with Crippen LogP contribution in [0.3, 0.4) is 0 Å². The van der Waals surface area contributed by atoms with Crippen LogP contribution in [0.25, 0.3) is 0 Å². The minimum atomic E-state index is -1.12. The highest BCUT2D eigenvalue weighted by Crippen LogP contribution is 2.55. The van der Waals surface area contributed by atoms with E-state index in [4.69, 9.17) is 4.74 Å². The van der Waals surface area contributed by atoms with E-state index in [2.05, 4.69) is 52.2 Å². The largest absolute Gasteiger partial charge is 0.359 e. The Morgan fingerprint density at radius 3 is 2.46 bits per heavy atom. The average molecular weight is 536 g/mol. The maximum atomic E-state index is 14.0. The van der Waals surface area contributed by atoms with Crippen LogP contribution in [0.15, 0.2) is 36.4 Å². The standard InChI is InChI=1S/C32H45N3O4/c1-18(2)15-17-35-28(30(37)34-24-9-7-8-20(5)21(24)6)32-16-14-25(39-32)26(27(32)31(35)38)29(36)33-23-12-10-22(11-13-23)19(3)4/h10-14,16,18-21,24-28H,7-9,15,17H2,1-6H3,(H,33,36)(H,34,37)/t20-,21-,24+,25+,26+,27+,28-,32-/m0/s1. The quantitative estimate of drug-likeness (QED) is 0.464. The number of benzene rings is 1. The third-order valence-corrected chi connectivity index (χ3v) is 9.75. The van der Waals surface area contributed by atoms with Gasteiger partial charge in [-0.15, -0.1) is 0 Å². The average Bonchev–Trinajstić information content (AvgIpc) is 3.53. The van der Waals surface area contributed by atoms with Gasteiger partial charge in [0.1, 0.15) is 11.6 Å². The summed E-state index contributed by atoms with van der Waals surface area (Å²) >= 11 is 0. The first-order chi connectivity index (χ1) is 18.5. The topological polar surface area (TPSA) is 87.7 Å². The minimum Gasteiger partial charge on any atom is -0.359 e. The third kappa shape index (κ3) is 4.92. The molecule has 2 saturated heterocycles. The molecule has 212 valence electrons. The van der Waals surface area contributed by atoms with Crippen LogP contribution >= 0.6 is 0 Å². The predicted molar refractivity (Wildman–Crippen MR) is 152 cm³/mol. The second-order valence-electron chi connectivity index (χ2n) is 13.1. The molecule has 2 bridgehead atoms. The number of carbonyl (C=O) groups is 3. The molecule has 8 atom stereocenters. The van der Waals surface area contributed by atoms with Crippen molar-refractivity contribution in [1.29, 1.82) is 0 Å². The number of rotatable bonds is 8. The number of nitrogens with zero attached hydrogens (tertiary/aromatic N) is 1. The van der Waals surface area contributed by atoms with E-state index in [9.17, 15) is 14.4 Å². The molecule has 1 aliphatic carbocycles. The molecule has 1 saturated carbocycles. The van der Waals surface area contributed by atoms with Crippen LogP contribution in [0, 0.1) is 29.6 Å². The van der Waals surface area contributed by atoms with Gasteiger partial charge in [0.2, 0.25) is 17.7 Å². The van der Waals surface area contributed by atoms with E-state index in [1.165, 1.54) is 12.0 Å². The Bertz CT molecular complexity index is 1130. The highest BCUT2D eigenvalue weighted by molar-refractivity contribution is 6.02. The van der Waals surface area contributed by atoms with Gasteiger partial charge >= 0.3 is 0 Å².